The van der Waals surface area contributed by atoms with E-state index in [9.17, 15) is 0 Å². The van der Waals surface area contributed by atoms with Gasteiger partial charge in [-0.3, -0.25) is 0 Å². The summed E-state index contributed by atoms with van der Waals surface area (Å²) in [6, 6.07) is 7.32. The highest BCUT2D eigenvalue weighted by Gasteiger charge is 2.25. The van der Waals surface area contributed by atoms with Gasteiger partial charge in [-0.1, -0.05) is 12.1 Å². The lowest BCUT2D eigenvalue weighted by atomic mass is 10.1. The van der Waals surface area contributed by atoms with Crippen molar-refractivity contribution in [2.45, 2.75) is 18.6 Å². The molecule has 3 N–H and O–H groups in total. The molecule has 2 rings (SSSR count). The van der Waals surface area contributed by atoms with Crippen molar-refractivity contribution in [2.24, 2.45) is 5.73 Å². The number of para-hydroxylation sites is 2. The van der Waals surface area contributed by atoms with E-state index < -0.39 is 0 Å². The summed E-state index contributed by atoms with van der Waals surface area (Å²) in [7, 11) is 0. The number of benzene rings is 1. The van der Waals surface area contributed by atoms with Crippen molar-refractivity contribution in [1.82, 2.24) is 0 Å². The molecule has 1 aromatic rings. The van der Waals surface area contributed by atoms with Crippen LogP contribution in [-0.4, -0.2) is 30.5 Å². The summed E-state index contributed by atoms with van der Waals surface area (Å²) in [5.74, 6) is 1.48. The van der Waals surface area contributed by atoms with E-state index in [-0.39, 0.29) is 18.8 Å². The molecule has 1 aromatic carbocycles. The first-order valence-corrected chi connectivity index (χ1v) is 5.06. The number of hydrogen-bond acceptors (Lipinski definition) is 4. The van der Waals surface area contributed by atoms with Crippen LogP contribution in [0.2, 0.25) is 0 Å². The number of fused-ring (bicyclic) bond motifs is 1. The van der Waals surface area contributed by atoms with Gasteiger partial charge in [-0.2, -0.15) is 0 Å². The van der Waals surface area contributed by atoms with Crippen LogP contribution in [0.4, 0.5) is 0 Å². The lowest BCUT2D eigenvalue weighted by Crippen LogP contribution is -2.45. The van der Waals surface area contributed by atoms with Crippen LogP contribution in [-0.2, 0) is 0 Å². The molecule has 0 unspecified atom stereocenters. The highest BCUT2D eigenvalue weighted by molar-refractivity contribution is 5.40. The van der Waals surface area contributed by atoms with Gasteiger partial charge in [-0.15, -0.1) is 0 Å². The fourth-order valence-electron chi connectivity index (χ4n) is 1.58. The Morgan fingerprint density at radius 3 is 2.87 bits per heavy atom. The Morgan fingerprint density at radius 2 is 2.13 bits per heavy atom. The number of aliphatic hydroxyl groups is 1. The van der Waals surface area contributed by atoms with Gasteiger partial charge in [0.05, 0.1) is 0 Å². The second kappa shape index (κ2) is 4.51. The molecule has 0 amide bonds. The molecule has 0 radical (unpaired) electrons. The van der Waals surface area contributed by atoms with E-state index in [1.165, 1.54) is 0 Å². The van der Waals surface area contributed by atoms with Crippen molar-refractivity contribution in [3.63, 3.8) is 0 Å². The number of aliphatic hydroxyl groups excluding tert-OH is 1. The zero-order chi connectivity index (χ0) is 10.7. The maximum atomic E-state index is 8.79. The Bertz CT molecular complexity index is 329. The summed E-state index contributed by atoms with van der Waals surface area (Å²) in [6.07, 6.45) is 0.350. The molecular formula is C11H15NO3. The minimum absolute atomic E-state index is 0.0721. The van der Waals surface area contributed by atoms with Crippen LogP contribution in [0.5, 0.6) is 11.5 Å². The van der Waals surface area contributed by atoms with Gasteiger partial charge in [0.25, 0.3) is 0 Å². The summed E-state index contributed by atoms with van der Waals surface area (Å²) in [4.78, 5) is 0. The summed E-state index contributed by atoms with van der Waals surface area (Å²) in [5, 5.41) is 8.79. The quantitative estimate of drug-likeness (QED) is 0.762. The third-order valence-corrected chi connectivity index (χ3v) is 2.47. The number of hydrogen-bond donors (Lipinski definition) is 2. The molecule has 1 heterocycles. The van der Waals surface area contributed by atoms with Crippen molar-refractivity contribution < 1.29 is 14.6 Å². The van der Waals surface area contributed by atoms with E-state index >= 15 is 0 Å². The number of rotatable bonds is 3. The first kappa shape index (κ1) is 10.3. The molecule has 0 spiro atoms. The maximum Gasteiger partial charge on any atom is 0.161 e. The Balaban J connectivity index is 2.05. The zero-order valence-electron chi connectivity index (χ0n) is 8.43. The molecule has 1 aliphatic rings. The van der Waals surface area contributed by atoms with Gasteiger partial charge < -0.3 is 20.3 Å². The van der Waals surface area contributed by atoms with E-state index in [0.29, 0.717) is 13.0 Å². The number of nitrogens with two attached hydrogens (primary N) is 1. The SMILES string of the molecule is N[C@@H](CCO)[C@H]1COc2ccccc2O1. The zero-order valence-corrected chi connectivity index (χ0v) is 8.43. The van der Waals surface area contributed by atoms with Crippen LogP contribution in [0.1, 0.15) is 6.42 Å². The maximum absolute atomic E-state index is 8.79. The monoisotopic (exact) mass is 209 g/mol. The van der Waals surface area contributed by atoms with E-state index in [1.54, 1.807) is 0 Å². The molecule has 0 bridgehead atoms. The Labute approximate surface area is 88.6 Å². The van der Waals surface area contributed by atoms with E-state index in [4.69, 9.17) is 20.3 Å². The summed E-state index contributed by atoms with van der Waals surface area (Å²) >= 11 is 0. The molecule has 82 valence electrons. The first-order chi connectivity index (χ1) is 7.31. The fraction of sp³-hybridized carbons (Fsp3) is 0.455. The van der Waals surface area contributed by atoms with Gasteiger partial charge in [0, 0.05) is 12.6 Å². The van der Waals surface area contributed by atoms with Gasteiger partial charge in [0.1, 0.15) is 12.7 Å². The molecule has 15 heavy (non-hydrogen) atoms. The van der Waals surface area contributed by atoms with E-state index in [2.05, 4.69) is 0 Å². The molecule has 0 aliphatic carbocycles. The van der Waals surface area contributed by atoms with Crippen LogP contribution in [0.3, 0.4) is 0 Å². The van der Waals surface area contributed by atoms with Crippen molar-refractivity contribution in [2.75, 3.05) is 13.2 Å². The Kier molecular flexibility index (Phi) is 3.08. The molecule has 1 aliphatic heterocycles. The average molecular weight is 209 g/mol. The third kappa shape index (κ3) is 2.22. The molecule has 2 atom stereocenters. The highest BCUT2D eigenvalue weighted by Crippen LogP contribution is 2.31. The average Bonchev–Trinajstić information content (AvgIpc) is 2.29. The van der Waals surface area contributed by atoms with Crippen LogP contribution in [0, 0.1) is 0 Å². The van der Waals surface area contributed by atoms with E-state index in [1.807, 2.05) is 24.3 Å². The molecule has 0 saturated heterocycles. The third-order valence-electron chi connectivity index (χ3n) is 2.47. The molecular weight excluding hydrogens is 194 g/mol. The van der Waals surface area contributed by atoms with Gasteiger partial charge in [-0.05, 0) is 18.6 Å². The normalized spacial score (nSPS) is 21.1. The minimum Gasteiger partial charge on any atom is -0.486 e. The lowest BCUT2D eigenvalue weighted by Gasteiger charge is -2.29. The topological polar surface area (TPSA) is 64.7 Å². The molecule has 4 heteroatoms. The van der Waals surface area contributed by atoms with Crippen molar-refractivity contribution in [3.8, 4) is 11.5 Å². The van der Waals surface area contributed by atoms with Gasteiger partial charge in [-0.25, -0.2) is 0 Å². The van der Waals surface area contributed by atoms with Gasteiger partial charge >= 0.3 is 0 Å². The smallest absolute Gasteiger partial charge is 0.161 e. The van der Waals surface area contributed by atoms with Gasteiger partial charge in [0.15, 0.2) is 11.5 Å². The Hall–Kier alpha value is -1.26. The standard InChI is InChI=1S/C11H15NO3/c12-8(5-6-13)11-7-14-9-3-1-2-4-10(9)15-11/h1-4,8,11,13H,5-7,12H2/t8-,11+/m0/s1. The molecule has 0 fully saturated rings. The van der Waals surface area contributed by atoms with E-state index in [0.717, 1.165) is 11.5 Å². The first-order valence-electron chi connectivity index (χ1n) is 5.06. The predicted molar refractivity (Wildman–Crippen MR) is 56.0 cm³/mol. The van der Waals surface area contributed by atoms with Crippen LogP contribution in [0.15, 0.2) is 24.3 Å². The van der Waals surface area contributed by atoms with Crippen LogP contribution in [0.25, 0.3) is 0 Å². The summed E-state index contributed by atoms with van der Waals surface area (Å²) in [6.45, 7) is 0.515. The lowest BCUT2D eigenvalue weighted by molar-refractivity contribution is 0.0651. The van der Waals surface area contributed by atoms with Crippen molar-refractivity contribution in [3.05, 3.63) is 24.3 Å². The fourth-order valence-corrected chi connectivity index (χ4v) is 1.58. The van der Waals surface area contributed by atoms with Crippen LogP contribution < -0.4 is 15.2 Å². The van der Waals surface area contributed by atoms with Crippen molar-refractivity contribution in [1.29, 1.82) is 0 Å². The highest BCUT2D eigenvalue weighted by atomic mass is 16.6. The van der Waals surface area contributed by atoms with Crippen molar-refractivity contribution >= 4 is 0 Å². The Morgan fingerprint density at radius 1 is 1.40 bits per heavy atom. The number of ether oxygens (including phenoxy) is 2. The largest absolute Gasteiger partial charge is 0.486 e. The second-order valence-corrected chi connectivity index (χ2v) is 3.59. The summed E-state index contributed by atoms with van der Waals surface area (Å²) < 4.78 is 11.2. The van der Waals surface area contributed by atoms with Crippen LogP contribution >= 0.6 is 0 Å². The predicted octanol–water partition coefficient (Wildman–Crippen LogP) is 0.536. The van der Waals surface area contributed by atoms with Gasteiger partial charge in [0.2, 0.25) is 0 Å². The second-order valence-electron chi connectivity index (χ2n) is 3.59. The molecule has 0 saturated carbocycles. The molecule has 4 nitrogen and oxygen atoms in total. The summed E-state index contributed by atoms with van der Waals surface area (Å²) in [5.41, 5.74) is 5.85. The minimum atomic E-state index is -0.191. The molecule has 0 aromatic heterocycles.